The van der Waals surface area contributed by atoms with Crippen LogP contribution in [0.1, 0.15) is 38.3 Å². The molecule has 1 aliphatic rings. The third-order valence-corrected chi connectivity index (χ3v) is 6.61. The van der Waals surface area contributed by atoms with E-state index in [0.29, 0.717) is 36.4 Å². The SMILES string of the molecule is COc1cccc(C(=O)N2Cc3ccccc3CC2Cc2cncn2Cc2ccc(C#N)cc2)c1. The largest absolute Gasteiger partial charge is 0.497 e. The second kappa shape index (κ2) is 9.86. The highest BCUT2D eigenvalue weighted by atomic mass is 16.5. The van der Waals surface area contributed by atoms with Gasteiger partial charge < -0.3 is 14.2 Å². The Bertz CT molecular complexity index is 1380. The molecule has 0 N–H and O–H groups in total. The molecular formula is C29H26N4O2. The molecule has 0 bridgehead atoms. The standard InChI is InChI=1S/C29H26N4O2/c1-35-28-8-4-7-24(14-28)29(34)33-19-25-6-3-2-5-23(25)13-26(33)15-27-17-31-20-32(27)18-22-11-9-21(16-30)10-12-22/h2-12,14,17,20,26H,13,15,18-19H2,1H3. The lowest BCUT2D eigenvalue weighted by Gasteiger charge is -2.37. The van der Waals surface area contributed by atoms with Crippen LogP contribution in [-0.4, -0.2) is 33.5 Å². The van der Waals surface area contributed by atoms with Crippen molar-refractivity contribution in [2.75, 3.05) is 7.11 Å². The number of hydrogen-bond donors (Lipinski definition) is 0. The maximum absolute atomic E-state index is 13.7. The number of nitrogens with zero attached hydrogens (tertiary/aromatic N) is 4. The monoisotopic (exact) mass is 462 g/mol. The lowest BCUT2D eigenvalue weighted by atomic mass is 9.91. The van der Waals surface area contributed by atoms with Gasteiger partial charge in [0.05, 0.1) is 25.1 Å². The summed E-state index contributed by atoms with van der Waals surface area (Å²) >= 11 is 0. The zero-order valence-corrected chi connectivity index (χ0v) is 19.6. The Morgan fingerprint density at radius 2 is 1.89 bits per heavy atom. The number of imidazole rings is 1. The molecule has 174 valence electrons. The van der Waals surface area contributed by atoms with Gasteiger partial charge in [0.15, 0.2) is 0 Å². The van der Waals surface area contributed by atoms with Crippen LogP contribution < -0.4 is 4.74 Å². The van der Waals surface area contributed by atoms with Gasteiger partial charge in [-0.05, 0) is 53.4 Å². The minimum Gasteiger partial charge on any atom is -0.497 e. The van der Waals surface area contributed by atoms with Gasteiger partial charge in [-0.1, -0.05) is 42.5 Å². The molecule has 0 saturated carbocycles. The molecule has 1 amide bonds. The van der Waals surface area contributed by atoms with Crippen molar-refractivity contribution in [1.82, 2.24) is 14.5 Å². The first-order valence-electron chi connectivity index (χ1n) is 11.6. The van der Waals surface area contributed by atoms with E-state index >= 15 is 0 Å². The molecule has 1 aromatic heterocycles. The van der Waals surface area contributed by atoms with Crippen molar-refractivity contribution in [3.8, 4) is 11.8 Å². The van der Waals surface area contributed by atoms with Crippen molar-refractivity contribution in [3.63, 3.8) is 0 Å². The number of amides is 1. The number of benzene rings is 3. The normalized spacial score (nSPS) is 14.7. The van der Waals surface area contributed by atoms with Crippen LogP contribution in [0.15, 0.2) is 85.3 Å². The summed E-state index contributed by atoms with van der Waals surface area (Å²) in [6.07, 6.45) is 5.20. The van der Waals surface area contributed by atoms with Crippen molar-refractivity contribution in [1.29, 1.82) is 5.26 Å². The third-order valence-electron chi connectivity index (χ3n) is 6.61. The molecule has 1 atom stereocenters. The fourth-order valence-electron chi connectivity index (χ4n) is 4.71. The lowest BCUT2D eigenvalue weighted by Crippen LogP contribution is -2.45. The first-order valence-corrected chi connectivity index (χ1v) is 11.6. The number of nitriles is 1. The van der Waals surface area contributed by atoms with E-state index in [1.54, 1.807) is 13.2 Å². The van der Waals surface area contributed by atoms with Gasteiger partial charge in [0.25, 0.3) is 5.91 Å². The Labute approximate surface area is 205 Å². The molecule has 2 heterocycles. The fourth-order valence-corrected chi connectivity index (χ4v) is 4.71. The zero-order valence-electron chi connectivity index (χ0n) is 19.6. The van der Waals surface area contributed by atoms with E-state index in [1.165, 1.54) is 11.1 Å². The van der Waals surface area contributed by atoms with Gasteiger partial charge in [-0.3, -0.25) is 4.79 Å². The highest BCUT2D eigenvalue weighted by Gasteiger charge is 2.31. The zero-order chi connectivity index (χ0) is 24.2. The predicted octanol–water partition coefficient (Wildman–Crippen LogP) is 4.62. The third kappa shape index (κ3) is 4.80. The molecule has 0 aliphatic carbocycles. The smallest absolute Gasteiger partial charge is 0.254 e. The summed E-state index contributed by atoms with van der Waals surface area (Å²) in [5.74, 6) is 0.673. The minimum atomic E-state index is 0.0000147. The molecule has 5 rings (SSSR count). The van der Waals surface area contributed by atoms with E-state index in [1.807, 2.05) is 66.0 Å². The molecule has 1 unspecified atom stereocenters. The van der Waals surface area contributed by atoms with Gasteiger partial charge in [0, 0.05) is 43.0 Å². The second-order valence-electron chi connectivity index (χ2n) is 8.82. The van der Waals surface area contributed by atoms with E-state index in [-0.39, 0.29) is 11.9 Å². The van der Waals surface area contributed by atoms with Crippen molar-refractivity contribution in [2.24, 2.45) is 0 Å². The van der Waals surface area contributed by atoms with Crippen LogP contribution in [0.5, 0.6) is 5.75 Å². The van der Waals surface area contributed by atoms with E-state index in [2.05, 4.69) is 33.8 Å². The molecular weight excluding hydrogens is 436 g/mol. The van der Waals surface area contributed by atoms with Crippen molar-refractivity contribution < 1.29 is 9.53 Å². The Balaban J connectivity index is 1.42. The first-order chi connectivity index (χ1) is 17.1. The van der Waals surface area contributed by atoms with Crippen LogP contribution in [0.25, 0.3) is 0 Å². The van der Waals surface area contributed by atoms with Crippen LogP contribution in [0.2, 0.25) is 0 Å². The van der Waals surface area contributed by atoms with Gasteiger partial charge >= 0.3 is 0 Å². The summed E-state index contributed by atoms with van der Waals surface area (Å²) in [5.41, 5.74) is 5.91. The van der Waals surface area contributed by atoms with E-state index in [4.69, 9.17) is 10.00 Å². The van der Waals surface area contributed by atoms with Gasteiger partial charge in [-0.15, -0.1) is 0 Å². The topological polar surface area (TPSA) is 71.2 Å². The molecule has 0 saturated heterocycles. The lowest BCUT2D eigenvalue weighted by molar-refractivity contribution is 0.0637. The molecule has 0 radical (unpaired) electrons. The molecule has 4 aromatic rings. The average Bonchev–Trinajstić information content (AvgIpc) is 3.34. The van der Waals surface area contributed by atoms with E-state index in [9.17, 15) is 4.79 Å². The summed E-state index contributed by atoms with van der Waals surface area (Å²) in [6, 6.07) is 25.5. The van der Waals surface area contributed by atoms with E-state index in [0.717, 1.165) is 17.7 Å². The van der Waals surface area contributed by atoms with Crippen LogP contribution in [0.4, 0.5) is 0 Å². The quantitative estimate of drug-likeness (QED) is 0.419. The molecule has 35 heavy (non-hydrogen) atoms. The van der Waals surface area contributed by atoms with Crippen LogP contribution in [-0.2, 0) is 25.9 Å². The summed E-state index contributed by atoms with van der Waals surface area (Å²) in [6.45, 7) is 1.23. The number of carbonyl (C=O) groups is 1. The molecule has 3 aromatic carbocycles. The van der Waals surface area contributed by atoms with Crippen LogP contribution in [0, 0.1) is 11.3 Å². The van der Waals surface area contributed by atoms with Crippen LogP contribution >= 0.6 is 0 Å². The number of hydrogen-bond acceptors (Lipinski definition) is 4. The van der Waals surface area contributed by atoms with Crippen LogP contribution in [0.3, 0.4) is 0 Å². The van der Waals surface area contributed by atoms with Gasteiger partial charge in [-0.25, -0.2) is 4.98 Å². The molecule has 0 fully saturated rings. The molecule has 0 spiro atoms. The predicted molar refractivity (Wildman–Crippen MR) is 133 cm³/mol. The summed E-state index contributed by atoms with van der Waals surface area (Å²) < 4.78 is 7.47. The molecule has 6 heteroatoms. The van der Waals surface area contributed by atoms with Gasteiger partial charge in [0.1, 0.15) is 5.75 Å². The maximum Gasteiger partial charge on any atom is 0.254 e. The average molecular weight is 463 g/mol. The summed E-state index contributed by atoms with van der Waals surface area (Å²) in [7, 11) is 1.61. The Morgan fingerprint density at radius 3 is 2.66 bits per heavy atom. The fraction of sp³-hybridized carbons (Fsp3) is 0.207. The Morgan fingerprint density at radius 1 is 1.09 bits per heavy atom. The maximum atomic E-state index is 13.7. The number of carbonyl (C=O) groups excluding carboxylic acids is 1. The summed E-state index contributed by atoms with van der Waals surface area (Å²) in [4.78, 5) is 20.1. The number of fused-ring (bicyclic) bond motifs is 1. The van der Waals surface area contributed by atoms with Crippen molar-refractivity contribution in [3.05, 3.63) is 119 Å². The van der Waals surface area contributed by atoms with E-state index < -0.39 is 0 Å². The minimum absolute atomic E-state index is 0.0000147. The number of methoxy groups -OCH3 is 1. The van der Waals surface area contributed by atoms with Crippen molar-refractivity contribution in [2.45, 2.75) is 32.0 Å². The highest BCUT2D eigenvalue weighted by molar-refractivity contribution is 5.95. The number of rotatable bonds is 6. The van der Waals surface area contributed by atoms with Gasteiger partial charge in [-0.2, -0.15) is 5.26 Å². The molecule has 6 nitrogen and oxygen atoms in total. The first kappa shape index (κ1) is 22.4. The molecule has 1 aliphatic heterocycles. The van der Waals surface area contributed by atoms with Gasteiger partial charge in [0.2, 0.25) is 0 Å². The number of aromatic nitrogens is 2. The highest BCUT2D eigenvalue weighted by Crippen LogP contribution is 2.28. The van der Waals surface area contributed by atoms with Crippen molar-refractivity contribution >= 4 is 5.91 Å². The Hall–Kier alpha value is -4.37. The number of ether oxygens (including phenoxy) is 1. The summed E-state index contributed by atoms with van der Waals surface area (Å²) in [5, 5.41) is 9.06. The Kier molecular flexibility index (Phi) is 6.32. The second-order valence-corrected chi connectivity index (χ2v) is 8.82.